The second-order valence-corrected chi connectivity index (χ2v) is 4.96. The summed E-state index contributed by atoms with van der Waals surface area (Å²) in [7, 11) is 1.59. The zero-order valence-electron chi connectivity index (χ0n) is 9.78. The predicted octanol–water partition coefficient (Wildman–Crippen LogP) is 4.57. The van der Waals surface area contributed by atoms with Crippen LogP contribution in [0.1, 0.15) is 11.3 Å². The van der Waals surface area contributed by atoms with Crippen LogP contribution in [0.25, 0.3) is 5.57 Å². The zero-order valence-corrected chi connectivity index (χ0v) is 12.1. The average Bonchev–Trinajstić information content (AvgIpc) is 2.39. The van der Waals surface area contributed by atoms with Gasteiger partial charge in [-0.05, 0) is 45.8 Å². The number of pyridine rings is 1. The van der Waals surface area contributed by atoms with Crippen molar-refractivity contribution in [1.82, 2.24) is 4.98 Å². The molecule has 1 aromatic heterocycles. The minimum absolute atomic E-state index is 0.544. The van der Waals surface area contributed by atoms with Gasteiger partial charge in [-0.2, -0.15) is 0 Å². The lowest BCUT2D eigenvalue weighted by molar-refractivity contribution is 0.394. The predicted molar refractivity (Wildman–Crippen MR) is 78.1 cm³/mol. The molecule has 4 heteroatoms. The molecule has 0 amide bonds. The van der Waals surface area contributed by atoms with E-state index in [1.807, 2.05) is 36.4 Å². The maximum absolute atomic E-state index is 5.86. The van der Waals surface area contributed by atoms with Gasteiger partial charge in [0, 0.05) is 10.6 Å². The highest BCUT2D eigenvalue weighted by Crippen LogP contribution is 2.27. The molecule has 0 bridgehead atoms. The number of benzene rings is 1. The van der Waals surface area contributed by atoms with Crippen molar-refractivity contribution >= 4 is 33.1 Å². The summed E-state index contributed by atoms with van der Waals surface area (Å²) in [6, 6.07) is 11.3. The van der Waals surface area contributed by atoms with Crippen molar-refractivity contribution in [2.24, 2.45) is 0 Å². The molecule has 2 rings (SSSR count). The maximum atomic E-state index is 5.86. The van der Waals surface area contributed by atoms with Gasteiger partial charge < -0.3 is 4.74 Å². The van der Waals surface area contributed by atoms with Gasteiger partial charge in [-0.3, -0.25) is 0 Å². The van der Waals surface area contributed by atoms with Gasteiger partial charge >= 0.3 is 0 Å². The van der Waals surface area contributed by atoms with Crippen molar-refractivity contribution < 1.29 is 4.74 Å². The Kier molecular flexibility index (Phi) is 4.04. The SMILES string of the molecule is C=C(c1ccc(Cl)cc1)c1ccc(Br)c(OC)n1. The molecule has 0 fully saturated rings. The first kappa shape index (κ1) is 13.1. The third-order valence-corrected chi connectivity index (χ3v) is 3.36. The largest absolute Gasteiger partial charge is 0.480 e. The van der Waals surface area contributed by atoms with Crippen molar-refractivity contribution in [3.05, 3.63) is 63.7 Å². The minimum atomic E-state index is 0.544. The van der Waals surface area contributed by atoms with Gasteiger partial charge in [0.1, 0.15) is 0 Å². The fraction of sp³-hybridized carbons (Fsp3) is 0.0714. The van der Waals surface area contributed by atoms with E-state index in [0.29, 0.717) is 10.9 Å². The van der Waals surface area contributed by atoms with Gasteiger partial charge in [-0.1, -0.05) is 30.3 Å². The number of rotatable bonds is 3. The van der Waals surface area contributed by atoms with Crippen LogP contribution in [-0.4, -0.2) is 12.1 Å². The second kappa shape index (κ2) is 5.55. The van der Waals surface area contributed by atoms with E-state index in [4.69, 9.17) is 16.3 Å². The monoisotopic (exact) mass is 323 g/mol. The molecule has 0 saturated heterocycles. The summed E-state index contributed by atoms with van der Waals surface area (Å²) < 4.78 is 5.99. The van der Waals surface area contributed by atoms with Crippen LogP contribution in [0.3, 0.4) is 0 Å². The molecule has 92 valence electrons. The molecule has 18 heavy (non-hydrogen) atoms. The van der Waals surface area contributed by atoms with Crippen LogP contribution in [0.5, 0.6) is 5.88 Å². The topological polar surface area (TPSA) is 22.1 Å². The third kappa shape index (κ3) is 2.74. The van der Waals surface area contributed by atoms with Gasteiger partial charge in [0.15, 0.2) is 0 Å². The Morgan fingerprint density at radius 1 is 1.22 bits per heavy atom. The molecule has 2 nitrogen and oxygen atoms in total. The van der Waals surface area contributed by atoms with Crippen molar-refractivity contribution in [3.8, 4) is 5.88 Å². The van der Waals surface area contributed by atoms with E-state index in [-0.39, 0.29) is 0 Å². The number of hydrogen-bond acceptors (Lipinski definition) is 2. The Morgan fingerprint density at radius 2 is 1.89 bits per heavy atom. The smallest absolute Gasteiger partial charge is 0.228 e. The third-order valence-electron chi connectivity index (χ3n) is 2.51. The van der Waals surface area contributed by atoms with Gasteiger partial charge in [0.25, 0.3) is 0 Å². The molecule has 0 atom stereocenters. The molecular formula is C14H11BrClNO. The molecule has 0 aliphatic carbocycles. The highest BCUT2D eigenvalue weighted by atomic mass is 79.9. The Morgan fingerprint density at radius 3 is 2.50 bits per heavy atom. The van der Waals surface area contributed by atoms with E-state index in [1.54, 1.807) is 7.11 Å². The Labute approximate surface area is 119 Å². The van der Waals surface area contributed by atoms with Crippen molar-refractivity contribution in [2.45, 2.75) is 0 Å². The first-order valence-electron chi connectivity index (χ1n) is 5.27. The lowest BCUT2D eigenvalue weighted by Crippen LogP contribution is -1.95. The highest BCUT2D eigenvalue weighted by Gasteiger charge is 2.08. The summed E-state index contributed by atoms with van der Waals surface area (Å²) in [6.07, 6.45) is 0. The molecule has 0 N–H and O–H groups in total. The summed E-state index contributed by atoms with van der Waals surface area (Å²) in [5, 5.41) is 0.702. The Hall–Kier alpha value is -1.32. The fourth-order valence-electron chi connectivity index (χ4n) is 1.53. The Bertz CT molecular complexity index is 581. The van der Waals surface area contributed by atoms with Crippen molar-refractivity contribution in [2.75, 3.05) is 7.11 Å². The van der Waals surface area contributed by atoms with Crippen LogP contribution in [-0.2, 0) is 0 Å². The second-order valence-electron chi connectivity index (χ2n) is 3.67. The number of ether oxygens (including phenoxy) is 1. The van der Waals surface area contributed by atoms with Crippen molar-refractivity contribution in [3.63, 3.8) is 0 Å². The van der Waals surface area contributed by atoms with Crippen LogP contribution in [0, 0.1) is 0 Å². The average molecular weight is 325 g/mol. The molecule has 1 aromatic carbocycles. The van der Waals surface area contributed by atoms with Gasteiger partial charge in [0.2, 0.25) is 5.88 Å². The number of hydrogen-bond donors (Lipinski definition) is 0. The van der Waals surface area contributed by atoms with Crippen LogP contribution < -0.4 is 4.74 Å². The van der Waals surface area contributed by atoms with E-state index in [9.17, 15) is 0 Å². The lowest BCUT2D eigenvalue weighted by Gasteiger charge is -2.08. The molecule has 2 aromatic rings. The molecule has 0 saturated carbocycles. The summed E-state index contributed by atoms with van der Waals surface area (Å²) in [5.41, 5.74) is 2.59. The van der Waals surface area contributed by atoms with E-state index in [1.165, 1.54) is 0 Å². The van der Waals surface area contributed by atoms with Crippen LogP contribution >= 0.6 is 27.5 Å². The maximum Gasteiger partial charge on any atom is 0.228 e. The van der Waals surface area contributed by atoms with Crippen molar-refractivity contribution in [1.29, 1.82) is 0 Å². The molecular weight excluding hydrogens is 314 g/mol. The number of methoxy groups -OCH3 is 1. The van der Waals surface area contributed by atoms with Gasteiger partial charge in [-0.15, -0.1) is 0 Å². The molecule has 0 radical (unpaired) electrons. The zero-order chi connectivity index (χ0) is 13.1. The molecule has 1 heterocycles. The van der Waals surface area contributed by atoms with Crippen LogP contribution in [0.2, 0.25) is 5.02 Å². The quantitative estimate of drug-likeness (QED) is 0.825. The van der Waals surface area contributed by atoms with Crippen LogP contribution in [0.4, 0.5) is 0 Å². The lowest BCUT2D eigenvalue weighted by atomic mass is 10.0. The van der Waals surface area contributed by atoms with E-state index < -0.39 is 0 Å². The minimum Gasteiger partial charge on any atom is -0.480 e. The molecule has 0 spiro atoms. The summed E-state index contributed by atoms with van der Waals surface area (Å²) >= 11 is 9.23. The van der Waals surface area contributed by atoms with E-state index in [2.05, 4.69) is 27.5 Å². The Balaban J connectivity index is 2.37. The van der Waals surface area contributed by atoms with E-state index >= 15 is 0 Å². The fourth-order valence-corrected chi connectivity index (χ4v) is 2.04. The molecule has 0 aliphatic rings. The standard InChI is InChI=1S/C14H11BrClNO/c1-9(10-3-5-11(16)6-4-10)13-8-7-12(15)14(17-13)18-2/h3-8H,1H2,2H3. The molecule has 0 unspecified atom stereocenters. The number of aromatic nitrogens is 1. The summed E-state index contributed by atoms with van der Waals surface area (Å²) in [4.78, 5) is 4.39. The number of nitrogens with zero attached hydrogens (tertiary/aromatic N) is 1. The number of halogens is 2. The van der Waals surface area contributed by atoms with E-state index in [0.717, 1.165) is 21.3 Å². The molecule has 0 aliphatic heterocycles. The van der Waals surface area contributed by atoms with Gasteiger partial charge in [-0.25, -0.2) is 4.98 Å². The first-order valence-corrected chi connectivity index (χ1v) is 6.44. The summed E-state index contributed by atoms with van der Waals surface area (Å²) in [6.45, 7) is 4.05. The van der Waals surface area contributed by atoms with Crippen LogP contribution in [0.15, 0.2) is 47.4 Å². The summed E-state index contributed by atoms with van der Waals surface area (Å²) in [5.74, 6) is 0.544. The normalized spacial score (nSPS) is 10.2. The van der Waals surface area contributed by atoms with Gasteiger partial charge in [0.05, 0.1) is 17.3 Å². The first-order chi connectivity index (χ1) is 8.61. The highest BCUT2D eigenvalue weighted by molar-refractivity contribution is 9.10.